The Balaban J connectivity index is 2.49. The van der Waals surface area contributed by atoms with Crippen LogP contribution in [0.15, 0.2) is 36.4 Å². The smallest absolute Gasteiger partial charge is 0.194 e. The average Bonchev–Trinajstić information content (AvgIpc) is 2.38. The molecule has 0 saturated carbocycles. The van der Waals surface area contributed by atoms with Gasteiger partial charge in [-0.2, -0.15) is 0 Å². The highest BCUT2D eigenvalue weighted by Crippen LogP contribution is 2.26. The summed E-state index contributed by atoms with van der Waals surface area (Å²) in [7, 11) is 1.65. The van der Waals surface area contributed by atoms with Crippen molar-refractivity contribution in [2.24, 2.45) is 0 Å². The van der Waals surface area contributed by atoms with Gasteiger partial charge >= 0.3 is 0 Å². The van der Waals surface area contributed by atoms with Crippen molar-refractivity contribution < 1.29 is 9.53 Å². The number of hydrogen-bond donors (Lipinski definition) is 0. The Kier molecular flexibility index (Phi) is 4.24. The maximum Gasteiger partial charge on any atom is 0.194 e. The maximum atomic E-state index is 12.5. The molecule has 2 nitrogen and oxygen atoms in total. The molecule has 2 rings (SSSR count). The van der Waals surface area contributed by atoms with Crippen LogP contribution < -0.4 is 4.74 Å². The first kappa shape index (κ1) is 14.1. The average molecular weight is 366 g/mol. The van der Waals surface area contributed by atoms with E-state index in [4.69, 9.17) is 4.74 Å². The fraction of sp³-hybridized carbons (Fsp3) is 0.188. The largest absolute Gasteiger partial charge is 0.496 e. The van der Waals surface area contributed by atoms with E-state index in [0.717, 1.165) is 26.0 Å². The van der Waals surface area contributed by atoms with E-state index >= 15 is 0 Å². The van der Waals surface area contributed by atoms with Crippen molar-refractivity contribution in [3.63, 3.8) is 0 Å². The third kappa shape index (κ3) is 2.81. The van der Waals surface area contributed by atoms with Gasteiger partial charge in [-0.25, -0.2) is 0 Å². The summed E-state index contributed by atoms with van der Waals surface area (Å²) >= 11 is 2.19. The van der Waals surface area contributed by atoms with Gasteiger partial charge in [0.1, 0.15) is 5.75 Å². The van der Waals surface area contributed by atoms with E-state index in [1.807, 2.05) is 50.2 Å². The standard InChI is InChI=1S/C16H15IO2/c1-10-8-12(9-11(2)16(10)19-3)15(18)13-6-4-5-7-14(13)17/h4-9H,1-3H3. The number of carbonyl (C=O) groups is 1. The SMILES string of the molecule is COc1c(C)cc(C(=O)c2ccccc2I)cc1C. The molecule has 0 saturated heterocycles. The number of aryl methyl sites for hydroxylation is 2. The highest BCUT2D eigenvalue weighted by Gasteiger charge is 2.14. The van der Waals surface area contributed by atoms with Crippen LogP contribution in [-0.2, 0) is 0 Å². The Labute approximate surface area is 126 Å². The van der Waals surface area contributed by atoms with E-state index in [1.54, 1.807) is 7.11 Å². The number of ether oxygens (including phenoxy) is 1. The van der Waals surface area contributed by atoms with E-state index in [9.17, 15) is 4.79 Å². The van der Waals surface area contributed by atoms with Gasteiger partial charge in [-0.15, -0.1) is 0 Å². The third-order valence-electron chi connectivity index (χ3n) is 3.05. The highest BCUT2D eigenvalue weighted by molar-refractivity contribution is 14.1. The Morgan fingerprint density at radius 1 is 1.11 bits per heavy atom. The Morgan fingerprint density at radius 3 is 2.21 bits per heavy atom. The zero-order chi connectivity index (χ0) is 14.0. The first-order valence-corrected chi connectivity index (χ1v) is 7.07. The molecule has 98 valence electrons. The summed E-state index contributed by atoms with van der Waals surface area (Å²) in [6.07, 6.45) is 0. The first-order chi connectivity index (χ1) is 9.04. The van der Waals surface area contributed by atoms with Crippen molar-refractivity contribution in [2.75, 3.05) is 7.11 Å². The molecule has 0 unspecified atom stereocenters. The van der Waals surface area contributed by atoms with Gasteiger partial charge < -0.3 is 4.74 Å². The van der Waals surface area contributed by atoms with Crippen LogP contribution in [0.4, 0.5) is 0 Å². The van der Waals surface area contributed by atoms with Crippen molar-refractivity contribution in [1.82, 2.24) is 0 Å². The monoisotopic (exact) mass is 366 g/mol. The molecule has 0 aliphatic heterocycles. The second kappa shape index (κ2) is 5.74. The fourth-order valence-electron chi connectivity index (χ4n) is 2.20. The predicted octanol–water partition coefficient (Wildman–Crippen LogP) is 4.15. The van der Waals surface area contributed by atoms with Crippen LogP contribution in [0, 0.1) is 17.4 Å². The number of halogens is 1. The molecule has 0 radical (unpaired) electrons. The van der Waals surface area contributed by atoms with Crippen LogP contribution in [-0.4, -0.2) is 12.9 Å². The zero-order valence-electron chi connectivity index (χ0n) is 11.2. The molecule has 0 fully saturated rings. The molecule has 0 amide bonds. The number of methoxy groups -OCH3 is 1. The minimum absolute atomic E-state index is 0.0545. The number of rotatable bonds is 3. The van der Waals surface area contributed by atoms with Gasteiger partial charge in [0.25, 0.3) is 0 Å². The molecule has 0 spiro atoms. The Morgan fingerprint density at radius 2 is 1.68 bits per heavy atom. The van der Waals surface area contributed by atoms with Crippen LogP contribution in [0.5, 0.6) is 5.75 Å². The minimum atomic E-state index is 0.0545. The molecule has 0 aliphatic carbocycles. The maximum absolute atomic E-state index is 12.5. The molecular formula is C16H15IO2. The number of benzene rings is 2. The summed E-state index contributed by atoms with van der Waals surface area (Å²) in [5.41, 5.74) is 3.42. The second-order valence-electron chi connectivity index (χ2n) is 4.45. The van der Waals surface area contributed by atoms with Crippen LogP contribution in [0.3, 0.4) is 0 Å². The molecular weight excluding hydrogens is 351 g/mol. The van der Waals surface area contributed by atoms with E-state index in [0.29, 0.717) is 5.56 Å². The third-order valence-corrected chi connectivity index (χ3v) is 3.99. The fourth-order valence-corrected chi connectivity index (χ4v) is 2.84. The summed E-state index contributed by atoms with van der Waals surface area (Å²) in [5, 5.41) is 0. The van der Waals surface area contributed by atoms with E-state index in [1.165, 1.54) is 0 Å². The van der Waals surface area contributed by atoms with E-state index in [-0.39, 0.29) is 5.78 Å². The van der Waals surface area contributed by atoms with Gasteiger partial charge in [0, 0.05) is 14.7 Å². The lowest BCUT2D eigenvalue weighted by Gasteiger charge is -2.11. The lowest BCUT2D eigenvalue weighted by atomic mass is 9.98. The molecule has 0 N–H and O–H groups in total. The van der Waals surface area contributed by atoms with Gasteiger partial charge in [0.15, 0.2) is 5.78 Å². The second-order valence-corrected chi connectivity index (χ2v) is 5.61. The highest BCUT2D eigenvalue weighted by atomic mass is 127. The van der Waals surface area contributed by atoms with Crippen LogP contribution in [0.25, 0.3) is 0 Å². The quantitative estimate of drug-likeness (QED) is 0.603. The lowest BCUT2D eigenvalue weighted by molar-refractivity contribution is 0.103. The molecule has 0 atom stereocenters. The topological polar surface area (TPSA) is 26.3 Å². The number of hydrogen-bond acceptors (Lipinski definition) is 2. The van der Waals surface area contributed by atoms with Gasteiger partial charge in [-0.05, 0) is 71.8 Å². The molecule has 0 aliphatic rings. The number of ketones is 1. The molecule has 3 heteroatoms. The van der Waals surface area contributed by atoms with Gasteiger partial charge in [-0.3, -0.25) is 4.79 Å². The summed E-state index contributed by atoms with van der Waals surface area (Å²) in [5.74, 6) is 0.901. The minimum Gasteiger partial charge on any atom is -0.496 e. The lowest BCUT2D eigenvalue weighted by Crippen LogP contribution is -2.05. The number of carbonyl (C=O) groups excluding carboxylic acids is 1. The molecule has 0 heterocycles. The Hall–Kier alpha value is -1.36. The van der Waals surface area contributed by atoms with Crippen LogP contribution in [0.2, 0.25) is 0 Å². The normalized spacial score (nSPS) is 10.3. The summed E-state index contributed by atoms with van der Waals surface area (Å²) in [6, 6.07) is 11.4. The van der Waals surface area contributed by atoms with Gasteiger partial charge in [0.2, 0.25) is 0 Å². The van der Waals surface area contributed by atoms with Gasteiger partial charge in [0.05, 0.1) is 7.11 Å². The van der Waals surface area contributed by atoms with Crippen molar-refractivity contribution >= 4 is 28.4 Å². The molecule has 0 bridgehead atoms. The van der Waals surface area contributed by atoms with E-state index in [2.05, 4.69) is 22.6 Å². The van der Waals surface area contributed by atoms with E-state index < -0.39 is 0 Å². The summed E-state index contributed by atoms with van der Waals surface area (Å²) in [4.78, 5) is 12.5. The summed E-state index contributed by atoms with van der Waals surface area (Å²) in [6.45, 7) is 3.91. The van der Waals surface area contributed by atoms with Crippen molar-refractivity contribution in [1.29, 1.82) is 0 Å². The molecule has 19 heavy (non-hydrogen) atoms. The van der Waals surface area contributed by atoms with Crippen LogP contribution >= 0.6 is 22.6 Å². The van der Waals surface area contributed by atoms with Crippen molar-refractivity contribution in [2.45, 2.75) is 13.8 Å². The molecule has 2 aromatic rings. The predicted molar refractivity (Wildman–Crippen MR) is 85.1 cm³/mol. The summed E-state index contributed by atoms with van der Waals surface area (Å²) < 4.78 is 6.30. The van der Waals surface area contributed by atoms with Crippen LogP contribution in [0.1, 0.15) is 27.0 Å². The zero-order valence-corrected chi connectivity index (χ0v) is 13.3. The Bertz CT molecular complexity index is 609. The van der Waals surface area contributed by atoms with Gasteiger partial charge in [-0.1, -0.05) is 12.1 Å². The molecule has 0 aromatic heterocycles. The van der Waals surface area contributed by atoms with Crippen molar-refractivity contribution in [3.8, 4) is 5.75 Å². The molecule has 2 aromatic carbocycles. The van der Waals surface area contributed by atoms with Crippen molar-refractivity contribution in [3.05, 3.63) is 62.2 Å². The first-order valence-electron chi connectivity index (χ1n) is 5.99.